The highest BCUT2D eigenvalue weighted by Gasteiger charge is 2.30. The summed E-state index contributed by atoms with van der Waals surface area (Å²) in [6.07, 6.45) is 1.88. The molecule has 7 heteroatoms. The Hall–Kier alpha value is -2.28. The fraction of sp³-hybridized carbons (Fsp3) is 0.267. The Bertz CT molecular complexity index is 752. The van der Waals surface area contributed by atoms with Gasteiger partial charge in [-0.2, -0.15) is 0 Å². The van der Waals surface area contributed by atoms with Crippen molar-refractivity contribution in [2.75, 3.05) is 5.75 Å². The molecular weight excluding hydrogens is 304 g/mol. The fourth-order valence-corrected chi connectivity index (χ4v) is 3.27. The molecule has 1 aromatic carbocycles. The molecule has 1 aromatic heterocycles. The van der Waals surface area contributed by atoms with Crippen molar-refractivity contribution in [2.24, 2.45) is 0 Å². The number of rotatable bonds is 5. The summed E-state index contributed by atoms with van der Waals surface area (Å²) < 4.78 is 1.87. The first-order valence-electron chi connectivity index (χ1n) is 6.82. The number of carbonyl (C=O) groups is 3. The van der Waals surface area contributed by atoms with Gasteiger partial charge in [0.2, 0.25) is 5.91 Å². The van der Waals surface area contributed by atoms with Crippen molar-refractivity contribution in [3.63, 3.8) is 0 Å². The zero-order chi connectivity index (χ0) is 15.7. The van der Waals surface area contributed by atoms with Crippen molar-refractivity contribution in [3.8, 4) is 0 Å². The van der Waals surface area contributed by atoms with Gasteiger partial charge in [0, 0.05) is 23.6 Å². The Kier molecular flexibility index (Phi) is 3.89. The molecule has 1 aliphatic rings. The van der Waals surface area contributed by atoms with Crippen LogP contribution in [0.2, 0.25) is 0 Å². The molecule has 1 N–H and O–H groups in total. The molecular formula is C15H14N2O4S. The van der Waals surface area contributed by atoms with E-state index >= 15 is 0 Å². The number of hydrogen-bond donors (Lipinski definition) is 1. The number of hydrogen-bond acceptors (Lipinski definition) is 4. The first-order chi connectivity index (χ1) is 10.6. The van der Waals surface area contributed by atoms with E-state index in [2.05, 4.69) is 0 Å². The zero-order valence-electron chi connectivity index (χ0n) is 11.7. The lowest BCUT2D eigenvalue weighted by atomic mass is 10.1. The molecule has 0 atom stereocenters. The van der Waals surface area contributed by atoms with E-state index in [1.165, 1.54) is 4.90 Å². The number of imide groups is 1. The van der Waals surface area contributed by atoms with Gasteiger partial charge in [0.25, 0.3) is 5.24 Å². The topological polar surface area (TPSA) is 79.6 Å². The maximum atomic E-state index is 11.7. The van der Waals surface area contributed by atoms with Gasteiger partial charge in [-0.15, -0.1) is 0 Å². The lowest BCUT2D eigenvalue weighted by molar-refractivity contribution is -0.137. The summed E-state index contributed by atoms with van der Waals surface area (Å²) in [5, 5.41) is 9.51. The molecule has 0 unspecified atom stereocenters. The molecule has 1 fully saturated rings. The maximum absolute atomic E-state index is 11.7. The van der Waals surface area contributed by atoms with Gasteiger partial charge in [-0.05, 0) is 17.7 Å². The number of aliphatic carboxylic acids is 1. The quantitative estimate of drug-likeness (QED) is 0.915. The number of carboxylic acids is 1. The van der Waals surface area contributed by atoms with Gasteiger partial charge in [-0.1, -0.05) is 23.9 Å². The molecule has 3 rings (SSSR count). The predicted octanol–water partition coefficient (Wildman–Crippen LogP) is 2.31. The Labute approximate surface area is 130 Å². The standard InChI is InChI=1S/C15H14N2O4S/c18-13-9-22-15(21)17(13)8-10-2-1-3-12-11(10)4-6-16(12)7-5-14(19)20/h1-4,6H,5,7-9H2,(H,19,20). The molecule has 114 valence electrons. The minimum Gasteiger partial charge on any atom is -0.481 e. The lowest BCUT2D eigenvalue weighted by Gasteiger charge is -2.14. The average Bonchev–Trinajstić information content (AvgIpc) is 3.04. The lowest BCUT2D eigenvalue weighted by Crippen LogP contribution is -2.27. The van der Waals surface area contributed by atoms with Gasteiger partial charge in [-0.3, -0.25) is 19.3 Å². The molecule has 0 radical (unpaired) electrons. The summed E-state index contributed by atoms with van der Waals surface area (Å²) in [5.41, 5.74) is 1.79. The van der Waals surface area contributed by atoms with Crippen LogP contribution in [0.4, 0.5) is 4.79 Å². The van der Waals surface area contributed by atoms with Crippen LogP contribution >= 0.6 is 11.8 Å². The van der Waals surface area contributed by atoms with Crippen molar-refractivity contribution in [2.45, 2.75) is 19.5 Å². The third kappa shape index (κ3) is 2.71. The highest BCUT2D eigenvalue weighted by molar-refractivity contribution is 8.14. The van der Waals surface area contributed by atoms with E-state index in [4.69, 9.17) is 5.11 Å². The van der Waals surface area contributed by atoms with Crippen LogP contribution in [0.1, 0.15) is 12.0 Å². The molecule has 22 heavy (non-hydrogen) atoms. The number of fused-ring (bicyclic) bond motifs is 1. The van der Waals surface area contributed by atoms with Gasteiger partial charge >= 0.3 is 5.97 Å². The smallest absolute Gasteiger partial charge is 0.305 e. The van der Waals surface area contributed by atoms with Crippen LogP contribution < -0.4 is 0 Å². The molecule has 2 amide bonds. The van der Waals surface area contributed by atoms with Crippen LogP contribution in [-0.2, 0) is 22.7 Å². The number of aromatic nitrogens is 1. The SMILES string of the molecule is O=C(O)CCn1ccc2c(CN3C(=O)CSC3=O)cccc21. The fourth-order valence-electron chi connectivity index (χ4n) is 2.54. The molecule has 1 saturated heterocycles. The Balaban J connectivity index is 1.89. The van der Waals surface area contributed by atoms with Crippen LogP contribution in [0.3, 0.4) is 0 Å². The summed E-state index contributed by atoms with van der Waals surface area (Å²) in [5.74, 6) is -0.811. The largest absolute Gasteiger partial charge is 0.481 e. The van der Waals surface area contributed by atoms with Crippen LogP contribution in [0.5, 0.6) is 0 Å². The molecule has 1 aliphatic heterocycles. The summed E-state index contributed by atoms with van der Waals surface area (Å²) in [6, 6.07) is 7.54. The van der Waals surface area contributed by atoms with Crippen molar-refractivity contribution < 1.29 is 19.5 Å². The minimum absolute atomic E-state index is 0.0493. The number of carbonyl (C=O) groups excluding carboxylic acids is 2. The predicted molar refractivity (Wildman–Crippen MR) is 82.6 cm³/mol. The summed E-state index contributed by atoms with van der Waals surface area (Å²) in [7, 11) is 0. The molecule has 0 saturated carbocycles. The Morgan fingerprint density at radius 2 is 2.09 bits per heavy atom. The molecule has 0 aliphatic carbocycles. The second-order valence-electron chi connectivity index (χ2n) is 5.04. The van der Waals surface area contributed by atoms with Crippen LogP contribution in [0.15, 0.2) is 30.5 Å². The number of nitrogens with zero attached hydrogens (tertiary/aromatic N) is 2. The number of aryl methyl sites for hydroxylation is 1. The minimum atomic E-state index is -0.844. The molecule has 0 spiro atoms. The van der Waals surface area contributed by atoms with Gasteiger partial charge in [-0.25, -0.2) is 0 Å². The van der Waals surface area contributed by atoms with Gasteiger partial charge in [0.15, 0.2) is 0 Å². The van der Waals surface area contributed by atoms with E-state index in [9.17, 15) is 14.4 Å². The van der Waals surface area contributed by atoms with Gasteiger partial charge in [0.1, 0.15) is 0 Å². The highest BCUT2D eigenvalue weighted by Crippen LogP contribution is 2.26. The highest BCUT2D eigenvalue weighted by atomic mass is 32.2. The van der Waals surface area contributed by atoms with Gasteiger partial charge in [0.05, 0.1) is 18.7 Å². The van der Waals surface area contributed by atoms with E-state index in [1.54, 1.807) is 0 Å². The number of thioether (sulfide) groups is 1. The van der Waals surface area contributed by atoms with E-state index in [0.717, 1.165) is 28.2 Å². The third-order valence-electron chi connectivity index (χ3n) is 3.64. The van der Waals surface area contributed by atoms with E-state index in [0.29, 0.717) is 6.54 Å². The first kappa shape index (κ1) is 14.6. The maximum Gasteiger partial charge on any atom is 0.305 e. The van der Waals surface area contributed by atoms with E-state index in [-0.39, 0.29) is 29.9 Å². The Morgan fingerprint density at radius 1 is 1.27 bits per heavy atom. The van der Waals surface area contributed by atoms with Crippen molar-refractivity contribution in [1.29, 1.82) is 0 Å². The van der Waals surface area contributed by atoms with Crippen molar-refractivity contribution >= 4 is 39.8 Å². The number of carboxylic acid groups (broad SMARTS) is 1. The Morgan fingerprint density at radius 3 is 2.77 bits per heavy atom. The van der Waals surface area contributed by atoms with Crippen molar-refractivity contribution in [1.82, 2.24) is 9.47 Å². The first-order valence-corrected chi connectivity index (χ1v) is 7.80. The van der Waals surface area contributed by atoms with E-state index in [1.807, 2.05) is 35.0 Å². The summed E-state index contributed by atoms with van der Waals surface area (Å²) in [6.45, 7) is 0.644. The zero-order valence-corrected chi connectivity index (χ0v) is 12.5. The molecule has 2 aromatic rings. The van der Waals surface area contributed by atoms with Crippen LogP contribution in [0.25, 0.3) is 10.9 Å². The third-order valence-corrected chi connectivity index (χ3v) is 4.50. The second-order valence-corrected chi connectivity index (χ2v) is 5.96. The number of benzene rings is 1. The summed E-state index contributed by atoms with van der Waals surface area (Å²) >= 11 is 1.02. The monoisotopic (exact) mass is 318 g/mol. The number of amides is 2. The summed E-state index contributed by atoms with van der Waals surface area (Å²) in [4.78, 5) is 35.4. The second kappa shape index (κ2) is 5.84. The van der Waals surface area contributed by atoms with Crippen LogP contribution in [-0.4, -0.2) is 37.4 Å². The van der Waals surface area contributed by atoms with Crippen molar-refractivity contribution in [3.05, 3.63) is 36.0 Å². The van der Waals surface area contributed by atoms with E-state index < -0.39 is 5.97 Å². The molecule has 0 bridgehead atoms. The van der Waals surface area contributed by atoms with Gasteiger partial charge < -0.3 is 9.67 Å². The molecule has 2 heterocycles. The average molecular weight is 318 g/mol. The normalized spacial score (nSPS) is 15.0. The van der Waals surface area contributed by atoms with Crippen LogP contribution in [0, 0.1) is 0 Å². The molecule has 6 nitrogen and oxygen atoms in total.